The number of nitrogens with zero attached hydrogens (tertiary/aromatic N) is 2. The molecule has 0 radical (unpaired) electrons. The number of carbonyl (C=O) groups excluding carboxylic acids is 3. The molecule has 1 saturated carbocycles. The van der Waals surface area contributed by atoms with Gasteiger partial charge in [0.2, 0.25) is 17.7 Å². The summed E-state index contributed by atoms with van der Waals surface area (Å²) in [5.41, 5.74) is -0.203. The monoisotopic (exact) mass is 369 g/mol. The van der Waals surface area contributed by atoms with E-state index in [2.05, 4.69) is 5.32 Å². The summed E-state index contributed by atoms with van der Waals surface area (Å²) in [6, 6.07) is 4.73. The second-order valence-electron chi connectivity index (χ2n) is 7.33. The third kappa shape index (κ3) is 2.63. The second-order valence-corrected chi connectivity index (χ2v) is 7.33. The molecular weight excluding hydrogens is 350 g/mol. The highest BCUT2D eigenvalue weighted by Gasteiger charge is 2.58. The van der Waals surface area contributed by atoms with Crippen molar-refractivity contribution in [2.24, 2.45) is 23.7 Å². The van der Waals surface area contributed by atoms with E-state index in [9.17, 15) is 24.5 Å². The van der Waals surface area contributed by atoms with E-state index < -0.39 is 16.9 Å². The molecule has 0 spiro atoms. The average molecular weight is 369 g/mol. The summed E-state index contributed by atoms with van der Waals surface area (Å²) in [7, 11) is 0. The lowest BCUT2D eigenvalue weighted by atomic mass is 9.63. The number of allylic oxidation sites excluding steroid dienone is 2. The zero-order chi connectivity index (χ0) is 19.3. The fourth-order valence-electron chi connectivity index (χ4n) is 4.57. The van der Waals surface area contributed by atoms with Crippen LogP contribution in [-0.4, -0.2) is 33.6 Å². The number of likely N-dealkylation sites (tertiary alicyclic amines) is 1. The first kappa shape index (κ1) is 17.4. The Kier molecular flexibility index (Phi) is 4.05. The molecule has 3 aliphatic carbocycles. The summed E-state index contributed by atoms with van der Waals surface area (Å²) in [5, 5.41) is 13.6. The van der Waals surface area contributed by atoms with Gasteiger partial charge < -0.3 is 5.32 Å². The molecular formula is C19H19N3O5. The van der Waals surface area contributed by atoms with Crippen LogP contribution in [0.15, 0.2) is 36.4 Å². The zero-order valence-corrected chi connectivity index (χ0v) is 14.7. The number of benzene rings is 1. The van der Waals surface area contributed by atoms with E-state index in [0.29, 0.717) is 0 Å². The summed E-state index contributed by atoms with van der Waals surface area (Å²) < 4.78 is 0. The van der Waals surface area contributed by atoms with Crippen LogP contribution in [0.2, 0.25) is 0 Å². The Labute approximate surface area is 155 Å². The lowest BCUT2D eigenvalue weighted by Crippen LogP contribution is -2.46. The third-order valence-electron chi connectivity index (χ3n) is 5.92. The van der Waals surface area contributed by atoms with Crippen LogP contribution in [0.4, 0.5) is 11.4 Å². The molecule has 1 aliphatic heterocycles. The van der Waals surface area contributed by atoms with Gasteiger partial charge in [-0.2, -0.15) is 0 Å². The number of fused-ring (bicyclic) bond motifs is 1. The van der Waals surface area contributed by atoms with Crippen LogP contribution in [0.25, 0.3) is 0 Å². The molecule has 5 unspecified atom stereocenters. The van der Waals surface area contributed by atoms with Crippen LogP contribution < -0.4 is 5.32 Å². The molecule has 140 valence electrons. The van der Waals surface area contributed by atoms with Crippen LogP contribution in [0.1, 0.15) is 19.8 Å². The van der Waals surface area contributed by atoms with Gasteiger partial charge in [-0.25, -0.2) is 0 Å². The first-order valence-electron chi connectivity index (χ1n) is 8.99. The minimum atomic E-state index is -1.03. The summed E-state index contributed by atoms with van der Waals surface area (Å²) in [4.78, 5) is 50.0. The SMILES string of the molecule is CC(C(=O)Nc1ccccc1[N+](=O)[O-])N1C(=O)C2C3C=CC(CC3)C2C1=O. The maximum absolute atomic E-state index is 12.9. The molecule has 5 rings (SSSR count). The highest BCUT2D eigenvalue weighted by atomic mass is 16.6. The topological polar surface area (TPSA) is 110 Å². The largest absolute Gasteiger partial charge is 0.319 e. The van der Waals surface area contributed by atoms with Gasteiger partial charge in [-0.1, -0.05) is 24.3 Å². The van der Waals surface area contributed by atoms with Gasteiger partial charge in [0.25, 0.3) is 5.69 Å². The van der Waals surface area contributed by atoms with Crippen LogP contribution in [0.3, 0.4) is 0 Å². The summed E-state index contributed by atoms with van der Waals surface area (Å²) in [6.07, 6.45) is 5.79. The molecule has 0 aromatic heterocycles. The Balaban J connectivity index is 1.56. The number of rotatable bonds is 4. The smallest absolute Gasteiger partial charge is 0.292 e. The van der Waals surface area contributed by atoms with E-state index in [-0.39, 0.29) is 46.9 Å². The number of carbonyl (C=O) groups is 3. The third-order valence-corrected chi connectivity index (χ3v) is 5.92. The predicted molar refractivity (Wildman–Crippen MR) is 95.4 cm³/mol. The molecule has 8 nitrogen and oxygen atoms in total. The normalized spacial score (nSPS) is 29.6. The first-order chi connectivity index (χ1) is 12.9. The number of hydrogen-bond acceptors (Lipinski definition) is 5. The van der Waals surface area contributed by atoms with Crippen LogP contribution in [0, 0.1) is 33.8 Å². The highest BCUT2D eigenvalue weighted by Crippen LogP contribution is 2.50. The Hall–Kier alpha value is -3.03. The van der Waals surface area contributed by atoms with Crippen molar-refractivity contribution in [2.45, 2.75) is 25.8 Å². The van der Waals surface area contributed by atoms with E-state index >= 15 is 0 Å². The minimum absolute atomic E-state index is 0.0394. The van der Waals surface area contributed by atoms with Gasteiger partial charge in [0.15, 0.2) is 0 Å². The number of amides is 3. The van der Waals surface area contributed by atoms with Crippen molar-refractivity contribution >= 4 is 29.1 Å². The lowest BCUT2D eigenvalue weighted by molar-refractivity contribution is -0.383. The van der Waals surface area contributed by atoms with E-state index in [1.807, 2.05) is 12.2 Å². The number of nitrogens with one attached hydrogen (secondary N) is 1. The molecule has 8 heteroatoms. The Morgan fingerprint density at radius 2 is 1.70 bits per heavy atom. The molecule has 27 heavy (non-hydrogen) atoms. The molecule has 1 aromatic rings. The van der Waals surface area contributed by atoms with Gasteiger partial charge in [0, 0.05) is 6.07 Å². The van der Waals surface area contributed by atoms with Crippen LogP contribution in [0.5, 0.6) is 0 Å². The minimum Gasteiger partial charge on any atom is -0.319 e. The Morgan fingerprint density at radius 1 is 1.15 bits per heavy atom. The van der Waals surface area contributed by atoms with E-state index in [4.69, 9.17) is 0 Å². The van der Waals surface area contributed by atoms with E-state index in [0.717, 1.165) is 17.7 Å². The average Bonchev–Trinajstić information content (AvgIpc) is 2.95. The van der Waals surface area contributed by atoms with Crippen molar-refractivity contribution in [1.82, 2.24) is 4.90 Å². The van der Waals surface area contributed by atoms with Crippen molar-refractivity contribution in [3.05, 3.63) is 46.5 Å². The van der Waals surface area contributed by atoms with E-state index in [1.54, 1.807) is 6.07 Å². The quantitative estimate of drug-likeness (QED) is 0.378. The van der Waals surface area contributed by atoms with Crippen molar-refractivity contribution in [3.8, 4) is 0 Å². The molecule has 4 aliphatic rings. The summed E-state index contributed by atoms with van der Waals surface area (Å²) in [6.45, 7) is 1.48. The fraction of sp³-hybridized carbons (Fsp3) is 0.421. The number of anilines is 1. The molecule has 2 bridgehead atoms. The van der Waals surface area contributed by atoms with Gasteiger partial charge in [-0.15, -0.1) is 0 Å². The van der Waals surface area contributed by atoms with Gasteiger partial charge in [0.1, 0.15) is 11.7 Å². The maximum Gasteiger partial charge on any atom is 0.292 e. The molecule has 5 atom stereocenters. The molecule has 1 saturated heterocycles. The summed E-state index contributed by atoms with van der Waals surface area (Å²) >= 11 is 0. The van der Waals surface area contributed by atoms with Gasteiger partial charge in [-0.3, -0.25) is 29.4 Å². The Morgan fingerprint density at radius 3 is 2.22 bits per heavy atom. The standard InChI is InChI=1S/C19H19N3O5/c1-10(17(23)20-13-4-2-3-5-14(13)22(26)27)21-18(24)15-11-6-7-12(9-8-11)16(15)19(21)25/h2-7,10-12,15-16H,8-9H2,1H3,(H,20,23). The number of imide groups is 1. The van der Waals surface area contributed by atoms with Crippen molar-refractivity contribution < 1.29 is 19.3 Å². The van der Waals surface area contributed by atoms with Gasteiger partial charge >= 0.3 is 0 Å². The predicted octanol–water partition coefficient (Wildman–Crippen LogP) is 2.12. The van der Waals surface area contributed by atoms with Crippen LogP contribution >= 0.6 is 0 Å². The van der Waals surface area contributed by atoms with Gasteiger partial charge in [-0.05, 0) is 37.7 Å². The maximum atomic E-state index is 12.9. The second kappa shape index (κ2) is 6.29. The van der Waals surface area contributed by atoms with E-state index in [1.165, 1.54) is 25.1 Å². The number of para-hydroxylation sites is 2. The fourth-order valence-corrected chi connectivity index (χ4v) is 4.57. The molecule has 1 aromatic carbocycles. The lowest BCUT2D eigenvalue weighted by Gasteiger charge is -2.38. The molecule has 3 amide bonds. The number of nitro benzene ring substituents is 1. The summed E-state index contributed by atoms with van der Waals surface area (Å²) in [5.74, 6) is -1.92. The molecule has 1 heterocycles. The highest BCUT2D eigenvalue weighted by molar-refractivity contribution is 6.10. The van der Waals surface area contributed by atoms with Crippen molar-refractivity contribution in [2.75, 3.05) is 5.32 Å². The Bertz CT molecular complexity index is 848. The number of hydrogen-bond donors (Lipinski definition) is 1. The molecule has 2 fully saturated rings. The molecule has 1 N–H and O–H groups in total. The van der Waals surface area contributed by atoms with Crippen LogP contribution in [-0.2, 0) is 14.4 Å². The van der Waals surface area contributed by atoms with Crippen molar-refractivity contribution in [3.63, 3.8) is 0 Å². The van der Waals surface area contributed by atoms with Gasteiger partial charge in [0.05, 0.1) is 16.8 Å². The number of nitro groups is 1. The van der Waals surface area contributed by atoms with Crippen molar-refractivity contribution in [1.29, 1.82) is 0 Å². The zero-order valence-electron chi connectivity index (χ0n) is 14.7. The first-order valence-corrected chi connectivity index (χ1v) is 8.99.